The number of thiophene rings is 1. The Hall–Kier alpha value is -9.34. The molecule has 16 rings (SSSR count). The van der Waals surface area contributed by atoms with Crippen LogP contribution >= 0.6 is 11.3 Å². The maximum atomic E-state index is 6.93. The molecule has 16 aromatic rings. The molecule has 2 heteroatoms. The van der Waals surface area contributed by atoms with E-state index in [0.29, 0.717) is 0 Å². The van der Waals surface area contributed by atoms with Crippen LogP contribution in [-0.2, 0) is 0 Å². The van der Waals surface area contributed by atoms with Crippen molar-refractivity contribution in [1.82, 2.24) is 0 Å². The van der Waals surface area contributed by atoms with E-state index >= 15 is 0 Å². The van der Waals surface area contributed by atoms with Gasteiger partial charge in [0.25, 0.3) is 0 Å². The predicted molar refractivity (Wildman–Crippen MR) is 319 cm³/mol. The molecule has 0 saturated heterocycles. The Morgan fingerprint density at radius 1 is 0.203 bits per heavy atom. The van der Waals surface area contributed by atoms with Gasteiger partial charge in [-0.2, -0.15) is 0 Å². The SMILES string of the molecule is c1ccc(-c2cccc3c2oc2c(-c4ccc5c(c4)c4ccccc4c4cccc(-c6cccc(-c7cccc8c7sc7c(-c9ccc%10c%11ccccc%11c%11ccccc%11c%10c9)cccc78)c6)c45)cccc23)cc1. The Labute approximate surface area is 430 Å². The van der Waals surface area contributed by atoms with Gasteiger partial charge in [-0.3, -0.25) is 0 Å². The van der Waals surface area contributed by atoms with Crippen molar-refractivity contribution < 1.29 is 4.42 Å². The Balaban J connectivity index is 0.842. The summed E-state index contributed by atoms with van der Waals surface area (Å²) in [5, 5.41) is 20.1. The first kappa shape index (κ1) is 41.3. The van der Waals surface area contributed by atoms with Crippen LogP contribution in [0.25, 0.3) is 162 Å². The van der Waals surface area contributed by atoms with Gasteiger partial charge in [0, 0.05) is 42.1 Å². The van der Waals surface area contributed by atoms with Gasteiger partial charge >= 0.3 is 0 Å². The zero-order valence-electron chi connectivity index (χ0n) is 40.1. The van der Waals surface area contributed by atoms with Crippen molar-refractivity contribution in [2.75, 3.05) is 0 Å². The third kappa shape index (κ3) is 6.10. The first-order chi connectivity index (χ1) is 36.7. The highest BCUT2D eigenvalue weighted by Crippen LogP contribution is 2.48. The van der Waals surface area contributed by atoms with E-state index < -0.39 is 0 Å². The van der Waals surface area contributed by atoms with Gasteiger partial charge in [0.15, 0.2) is 0 Å². The average molecular weight is 955 g/mol. The third-order valence-corrected chi connectivity index (χ3v) is 17.1. The molecule has 0 spiro atoms. The van der Waals surface area contributed by atoms with E-state index in [1.807, 2.05) is 11.3 Å². The molecule has 1 nitrogen and oxygen atoms in total. The van der Waals surface area contributed by atoms with Crippen LogP contribution in [0.2, 0.25) is 0 Å². The van der Waals surface area contributed by atoms with Crippen LogP contribution in [0.4, 0.5) is 0 Å². The highest BCUT2D eigenvalue weighted by atomic mass is 32.1. The molecule has 0 amide bonds. The van der Waals surface area contributed by atoms with Gasteiger partial charge in [-0.25, -0.2) is 0 Å². The van der Waals surface area contributed by atoms with E-state index in [-0.39, 0.29) is 0 Å². The summed E-state index contributed by atoms with van der Waals surface area (Å²) in [5.74, 6) is 0. The first-order valence-corrected chi connectivity index (χ1v) is 26.3. The van der Waals surface area contributed by atoms with E-state index in [1.54, 1.807) is 0 Å². The summed E-state index contributed by atoms with van der Waals surface area (Å²) < 4.78 is 9.55. The minimum Gasteiger partial charge on any atom is -0.455 e. The highest BCUT2D eigenvalue weighted by molar-refractivity contribution is 7.26. The molecule has 2 aromatic heterocycles. The predicted octanol–water partition coefficient (Wildman–Crippen LogP) is 21.2. The van der Waals surface area contributed by atoms with E-state index in [4.69, 9.17) is 4.42 Å². The monoisotopic (exact) mass is 954 g/mol. The summed E-state index contributed by atoms with van der Waals surface area (Å²) in [4.78, 5) is 0. The molecule has 0 fully saturated rings. The molecule has 0 atom stereocenters. The van der Waals surface area contributed by atoms with E-state index in [0.717, 1.165) is 44.2 Å². The molecule has 0 aliphatic rings. The van der Waals surface area contributed by atoms with Crippen LogP contribution in [0, 0.1) is 0 Å². The van der Waals surface area contributed by atoms with Crippen molar-refractivity contribution in [3.05, 3.63) is 255 Å². The summed E-state index contributed by atoms with van der Waals surface area (Å²) in [6, 6.07) is 94.1. The van der Waals surface area contributed by atoms with Crippen LogP contribution in [0.5, 0.6) is 0 Å². The van der Waals surface area contributed by atoms with E-state index in [1.165, 1.54) is 118 Å². The summed E-state index contributed by atoms with van der Waals surface area (Å²) >= 11 is 1.92. The van der Waals surface area contributed by atoms with Gasteiger partial charge in [0.2, 0.25) is 0 Å². The average Bonchev–Trinajstić information content (AvgIpc) is 4.08. The van der Waals surface area contributed by atoms with Crippen LogP contribution in [-0.4, -0.2) is 0 Å². The van der Waals surface area contributed by atoms with Gasteiger partial charge in [0.05, 0.1) is 0 Å². The maximum absolute atomic E-state index is 6.93. The van der Waals surface area contributed by atoms with Crippen molar-refractivity contribution in [3.8, 4) is 55.6 Å². The molecule has 2 heterocycles. The fraction of sp³-hybridized carbons (Fsp3) is 0. The zero-order chi connectivity index (χ0) is 48.4. The molecule has 0 bridgehead atoms. The summed E-state index contributed by atoms with van der Waals surface area (Å²) in [6.45, 7) is 0. The lowest BCUT2D eigenvalue weighted by Crippen LogP contribution is -1.89. The summed E-state index contributed by atoms with van der Waals surface area (Å²) in [6.07, 6.45) is 0. The smallest absolute Gasteiger partial charge is 0.143 e. The molecule has 0 saturated carbocycles. The highest BCUT2D eigenvalue weighted by Gasteiger charge is 2.20. The fourth-order valence-electron chi connectivity index (χ4n) is 12.5. The van der Waals surface area contributed by atoms with Gasteiger partial charge in [-0.1, -0.05) is 237 Å². The topological polar surface area (TPSA) is 13.1 Å². The molecule has 0 aliphatic carbocycles. The molecular formula is C72H42OS. The first-order valence-electron chi connectivity index (χ1n) is 25.5. The lowest BCUT2D eigenvalue weighted by Gasteiger charge is -2.16. The quantitative estimate of drug-likeness (QED) is 0.157. The maximum Gasteiger partial charge on any atom is 0.143 e. The third-order valence-electron chi connectivity index (χ3n) is 15.8. The number of para-hydroxylation sites is 2. The molecule has 0 N–H and O–H groups in total. The Morgan fingerprint density at radius 2 is 0.541 bits per heavy atom. The molecule has 74 heavy (non-hydrogen) atoms. The second-order valence-corrected chi connectivity index (χ2v) is 20.8. The molecular weight excluding hydrogens is 913 g/mol. The Bertz CT molecular complexity index is 4980. The normalized spacial score (nSPS) is 12.1. The molecule has 0 radical (unpaired) electrons. The second kappa shape index (κ2) is 16.1. The number of rotatable bonds is 5. The number of hydrogen-bond acceptors (Lipinski definition) is 2. The largest absolute Gasteiger partial charge is 0.455 e. The van der Waals surface area contributed by atoms with Crippen molar-refractivity contribution >= 4 is 118 Å². The number of benzene rings is 14. The lowest BCUT2D eigenvalue weighted by atomic mass is 9.87. The number of furan rings is 1. The molecule has 342 valence electrons. The molecule has 0 aliphatic heterocycles. The Kier molecular flexibility index (Phi) is 8.98. The number of hydrogen-bond donors (Lipinski definition) is 0. The van der Waals surface area contributed by atoms with Crippen LogP contribution < -0.4 is 0 Å². The van der Waals surface area contributed by atoms with Crippen molar-refractivity contribution in [2.24, 2.45) is 0 Å². The van der Waals surface area contributed by atoms with Crippen molar-refractivity contribution in [2.45, 2.75) is 0 Å². The van der Waals surface area contributed by atoms with Gasteiger partial charge < -0.3 is 4.42 Å². The number of fused-ring (bicyclic) bond motifs is 18. The van der Waals surface area contributed by atoms with Crippen LogP contribution in [0.1, 0.15) is 0 Å². The van der Waals surface area contributed by atoms with Crippen LogP contribution in [0.15, 0.2) is 259 Å². The van der Waals surface area contributed by atoms with Crippen molar-refractivity contribution in [3.63, 3.8) is 0 Å². The Morgan fingerprint density at radius 3 is 1.12 bits per heavy atom. The summed E-state index contributed by atoms with van der Waals surface area (Å²) in [7, 11) is 0. The van der Waals surface area contributed by atoms with E-state index in [9.17, 15) is 0 Å². The zero-order valence-corrected chi connectivity index (χ0v) is 40.9. The minimum absolute atomic E-state index is 0.911. The van der Waals surface area contributed by atoms with Crippen molar-refractivity contribution in [1.29, 1.82) is 0 Å². The lowest BCUT2D eigenvalue weighted by molar-refractivity contribution is 0.671. The standard InChI is InChI=1S/C72H42OS/c1-2-16-43(17-3-1)49-27-12-32-62-63-33-13-28-50(70(63)73-69(49)62)46-37-39-61-67(41-46)58-25-9-7-23-56(58)60-31-11-26-48(68(60)61)44-18-10-19-45(40-44)51-29-14-34-64-65-35-15-30-52(72(65)74-71(51)64)47-36-38-59-55-22-5-4-20-53(55)54-21-6-8-24-57(54)66(59)42-47/h1-42H. The molecule has 14 aromatic carbocycles. The minimum atomic E-state index is 0.911. The molecule has 0 unspecified atom stereocenters. The fourth-order valence-corrected chi connectivity index (χ4v) is 13.9. The summed E-state index contributed by atoms with van der Waals surface area (Å²) in [5.41, 5.74) is 13.7. The van der Waals surface area contributed by atoms with Crippen LogP contribution in [0.3, 0.4) is 0 Å². The second-order valence-electron chi connectivity index (χ2n) is 19.8. The van der Waals surface area contributed by atoms with Gasteiger partial charge in [-0.15, -0.1) is 11.3 Å². The van der Waals surface area contributed by atoms with E-state index in [2.05, 4.69) is 255 Å². The van der Waals surface area contributed by atoms with Gasteiger partial charge in [-0.05, 0) is 127 Å². The van der Waals surface area contributed by atoms with Gasteiger partial charge in [0.1, 0.15) is 11.2 Å².